The molecule has 0 saturated carbocycles. The largest absolute Gasteiger partial charge is 0.336 e. The van der Waals surface area contributed by atoms with Gasteiger partial charge in [-0.05, 0) is 27.2 Å². The number of hydrogen-bond donors (Lipinski definition) is 0. The molecule has 0 amide bonds. The predicted octanol–water partition coefficient (Wildman–Crippen LogP) is 1.56. The molecule has 4 heteroatoms. The van der Waals surface area contributed by atoms with Gasteiger partial charge in [0.25, 0.3) is 0 Å². The van der Waals surface area contributed by atoms with Crippen LogP contribution in [0.3, 0.4) is 0 Å². The molecule has 0 aliphatic heterocycles. The van der Waals surface area contributed by atoms with Crippen LogP contribution in [-0.2, 0) is 0 Å². The van der Waals surface area contributed by atoms with Gasteiger partial charge in [0.15, 0.2) is 9.12 Å². The molecule has 0 fully saturated rings. The highest BCUT2D eigenvalue weighted by molar-refractivity contribution is 6.82. The highest BCUT2D eigenvalue weighted by Crippen LogP contribution is 2.11. The zero-order valence-corrected chi connectivity index (χ0v) is 11.8. The topological polar surface area (TPSA) is 6.48 Å². The third-order valence-electron chi connectivity index (χ3n) is 2.40. The lowest BCUT2D eigenvalue weighted by Gasteiger charge is -2.40. The number of hydrogen-bond acceptors (Lipinski definition) is 2. The summed E-state index contributed by atoms with van der Waals surface area (Å²) in [4.78, 5) is 0. The Bertz CT molecular complexity index is 132. The van der Waals surface area contributed by atoms with Gasteiger partial charge in [-0.15, -0.1) is 0 Å². The van der Waals surface area contributed by atoms with Crippen LogP contribution in [0.5, 0.6) is 0 Å². The molecule has 0 spiro atoms. The van der Waals surface area contributed by atoms with Crippen molar-refractivity contribution in [2.45, 2.75) is 33.1 Å². The minimum absolute atomic E-state index is 0.787. The molecular formula is C8H24N2Si2. The van der Waals surface area contributed by atoms with Crippen molar-refractivity contribution in [1.82, 2.24) is 8.80 Å². The molecule has 0 aromatic carbocycles. The van der Waals surface area contributed by atoms with Gasteiger partial charge in [0, 0.05) is 0 Å². The van der Waals surface area contributed by atoms with E-state index in [-0.39, 0.29) is 0 Å². The van der Waals surface area contributed by atoms with Crippen LogP contribution in [0, 0.1) is 0 Å². The first-order valence-corrected chi connectivity index (χ1v) is 10.4. The summed E-state index contributed by atoms with van der Waals surface area (Å²) in [5.74, 6) is 0. The van der Waals surface area contributed by atoms with E-state index in [1.54, 1.807) is 0 Å². The van der Waals surface area contributed by atoms with E-state index in [2.05, 4.69) is 56.0 Å². The number of rotatable bonds is 4. The monoisotopic (exact) mass is 204 g/mol. The summed E-state index contributed by atoms with van der Waals surface area (Å²) >= 11 is 0. The van der Waals surface area contributed by atoms with E-state index < -0.39 is 17.4 Å². The minimum Gasteiger partial charge on any atom is -0.336 e. The third-order valence-corrected chi connectivity index (χ3v) is 10.6. The van der Waals surface area contributed by atoms with Crippen LogP contribution in [0.1, 0.15) is 6.92 Å². The summed E-state index contributed by atoms with van der Waals surface area (Å²) in [6, 6.07) is 0. The van der Waals surface area contributed by atoms with Crippen molar-refractivity contribution >= 4 is 17.4 Å². The second kappa shape index (κ2) is 4.55. The Morgan fingerprint density at radius 1 is 1.17 bits per heavy atom. The Morgan fingerprint density at radius 2 is 1.58 bits per heavy atom. The lowest BCUT2D eigenvalue weighted by atomic mass is 10.8. The zero-order valence-electron chi connectivity index (χ0n) is 9.68. The average Bonchev–Trinajstić information content (AvgIpc) is 1.85. The van der Waals surface area contributed by atoms with E-state index >= 15 is 0 Å². The maximum atomic E-state index is 2.76. The van der Waals surface area contributed by atoms with Crippen molar-refractivity contribution in [1.29, 1.82) is 0 Å². The molecule has 0 rings (SSSR count). The fraction of sp³-hybridized carbons (Fsp3) is 1.00. The van der Waals surface area contributed by atoms with Crippen LogP contribution < -0.4 is 0 Å². The fourth-order valence-electron chi connectivity index (χ4n) is 1.58. The first-order valence-electron chi connectivity index (χ1n) is 4.74. The number of nitrogens with zero attached hydrogens (tertiary/aromatic N) is 2. The molecule has 0 aromatic heterocycles. The summed E-state index contributed by atoms with van der Waals surface area (Å²) < 4.78 is 5.18. The third kappa shape index (κ3) is 3.39. The van der Waals surface area contributed by atoms with Crippen molar-refractivity contribution in [3.63, 3.8) is 0 Å². The van der Waals surface area contributed by atoms with Gasteiger partial charge >= 0.3 is 0 Å². The molecule has 1 unspecified atom stereocenters. The van der Waals surface area contributed by atoms with Crippen LogP contribution in [0.4, 0.5) is 0 Å². The van der Waals surface area contributed by atoms with E-state index in [4.69, 9.17) is 0 Å². The van der Waals surface area contributed by atoms with E-state index in [0.29, 0.717) is 0 Å². The Hall–Kier alpha value is 0.354. The first kappa shape index (κ1) is 12.4. The van der Waals surface area contributed by atoms with Crippen molar-refractivity contribution in [2.75, 3.05) is 20.6 Å². The second-order valence-corrected chi connectivity index (χ2v) is 12.9. The maximum Gasteiger partial charge on any atom is 0.179 e. The molecule has 0 N–H and O–H groups in total. The van der Waals surface area contributed by atoms with Gasteiger partial charge < -0.3 is 8.80 Å². The molecule has 12 heavy (non-hydrogen) atoms. The quantitative estimate of drug-likeness (QED) is 0.641. The van der Waals surface area contributed by atoms with Gasteiger partial charge in [-0.25, -0.2) is 0 Å². The summed E-state index contributed by atoms with van der Waals surface area (Å²) in [6.07, 6.45) is 0. The lowest BCUT2D eigenvalue weighted by molar-refractivity contribution is 0.541. The van der Waals surface area contributed by atoms with Gasteiger partial charge in [-0.1, -0.05) is 26.6 Å². The summed E-state index contributed by atoms with van der Waals surface area (Å²) in [5, 5.41) is 0. The average molecular weight is 204 g/mol. The minimum atomic E-state index is -1.06. The van der Waals surface area contributed by atoms with Crippen LogP contribution >= 0.6 is 0 Å². The molecule has 0 radical (unpaired) electrons. The summed E-state index contributed by atoms with van der Waals surface area (Å²) in [6.45, 7) is 13.2. The molecule has 0 aromatic rings. The van der Waals surface area contributed by atoms with Crippen LogP contribution in [0.25, 0.3) is 0 Å². The molecule has 0 aliphatic carbocycles. The first-order chi connectivity index (χ1) is 5.30. The molecular weight excluding hydrogens is 180 g/mol. The predicted molar refractivity (Wildman–Crippen MR) is 62.4 cm³/mol. The molecule has 0 aliphatic rings. The standard InChI is InChI=1S/C8H24N2Si2/c1-8-10(12(5,6)7)11(4)9(2)3/h11H,8H2,1-7H3. The van der Waals surface area contributed by atoms with Crippen molar-refractivity contribution in [3.8, 4) is 0 Å². The normalized spacial score (nSPS) is 15.8. The zero-order chi connectivity index (χ0) is 9.94. The van der Waals surface area contributed by atoms with Gasteiger partial charge in [-0.3, -0.25) is 0 Å². The van der Waals surface area contributed by atoms with E-state index in [0.717, 1.165) is 0 Å². The van der Waals surface area contributed by atoms with E-state index in [1.807, 2.05) is 0 Å². The molecule has 0 heterocycles. The molecule has 2 nitrogen and oxygen atoms in total. The second-order valence-electron chi connectivity index (χ2n) is 4.55. The van der Waals surface area contributed by atoms with Crippen molar-refractivity contribution in [2.24, 2.45) is 0 Å². The van der Waals surface area contributed by atoms with Gasteiger partial charge in [-0.2, -0.15) is 0 Å². The van der Waals surface area contributed by atoms with Crippen LogP contribution in [0.2, 0.25) is 26.2 Å². The highest BCUT2D eigenvalue weighted by atomic mass is 28.4. The summed E-state index contributed by atoms with van der Waals surface area (Å²) in [5.41, 5.74) is 0. The van der Waals surface area contributed by atoms with Gasteiger partial charge in [0.2, 0.25) is 0 Å². The lowest BCUT2D eigenvalue weighted by Crippen LogP contribution is -2.58. The van der Waals surface area contributed by atoms with E-state index in [9.17, 15) is 0 Å². The molecule has 0 saturated heterocycles. The Morgan fingerprint density at radius 3 is 1.67 bits per heavy atom. The Labute approximate surface area is 80.4 Å². The van der Waals surface area contributed by atoms with Gasteiger partial charge in [0.05, 0.1) is 0 Å². The smallest absolute Gasteiger partial charge is 0.179 e. The fourth-order valence-corrected chi connectivity index (χ4v) is 8.79. The SMILES string of the molecule is CCN([SiH](C)N(C)C)[Si](C)(C)C. The van der Waals surface area contributed by atoms with Gasteiger partial charge in [0.1, 0.15) is 8.24 Å². The molecule has 1 atom stereocenters. The Kier molecular flexibility index (Phi) is 4.69. The van der Waals surface area contributed by atoms with E-state index in [1.165, 1.54) is 6.54 Å². The molecule has 0 bridgehead atoms. The summed E-state index contributed by atoms with van der Waals surface area (Å²) in [7, 11) is 2.57. The van der Waals surface area contributed by atoms with Crippen LogP contribution in [0.15, 0.2) is 0 Å². The Balaban J connectivity index is 4.35. The highest BCUT2D eigenvalue weighted by Gasteiger charge is 2.28. The van der Waals surface area contributed by atoms with Crippen LogP contribution in [-0.4, -0.2) is 46.8 Å². The maximum absolute atomic E-state index is 2.76. The van der Waals surface area contributed by atoms with Crippen molar-refractivity contribution < 1.29 is 0 Å². The molecule has 74 valence electrons. The van der Waals surface area contributed by atoms with Crippen molar-refractivity contribution in [3.05, 3.63) is 0 Å².